The van der Waals surface area contributed by atoms with Gasteiger partial charge in [0.1, 0.15) is 12.4 Å². The molecule has 0 aliphatic carbocycles. The number of fused-ring (bicyclic) bond motifs is 1. The highest BCUT2D eigenvalue weighted by Crippen LogP contribution is 2.30. The SMILES string of the molecule is O=C(NCc1ccc(OC(F)F)cc1)NCC1COc2ccccc2O1. The fourth-order valence-electron chi connectivity index (χ4n) is 2.40. The van der Waals surface area contributed by atoms with E-state index in [1.807, 2.05) is 24.3 Å². The average Bonchev–Trinajstić information content (AvgIpc) is 2.65. The van der Waals surface area contributed by atoms with E-state index in [1.54, 1.807) is 12.1 Å². The molecule has 1 unspecified atom stereocenters. The summed E-state index contributed by atoms with van der Waals surface area (Å²) in [6, 6.07) is 13.0. The van der Waals surface area contributed by atoms with Gasteiger partial charge in [0.2, 0.25) is 0 Å². The molecule has 2 amide bonds. The van der Waals surface area contributed by atoms with E-state index >= 15 is 0 Å². The van der Waals surface area contributed by atoms with Crippen molar-refractivity contribution in [2.45, 2.75) is 19.3 Å². The highest BCUT2D eigenvalue weighted by atomic mass is 19.3. The van der Waals surface area contributed by atoms with Crippen LogP contribution in [0.15, 0.2) is 48.5 Å². The molecule has 2 N–H and O–H groups in total. The molecule has 1 heterocycles. The summed E-state index contributed by atoms with van der Waals surface area (Å²) in [6.07, 6.45) is -0.276. The quantitative estimate of drug-likeness (QED) is 0.827. The number of ether oxygens (including phenoxy) is 3. The number of nitrogens with one attached hydrogen (secondary N) is 2. The molecule has 2 aromatic rings. The summed E-state index contributed by atoms with van der Waals surface area (Å²) in [6.45, 7) is -1.96. The van der Waals surface area contributed by atoms with Gasteiger partial charge in [0, 0.05) is 6.54 Å². The summed E-state index contributed by atoms with van der Waals surface area (Å²) in [5, 5.41) is 5.39. The average molecular weight is 364 g/mol. The topological polar surface area (TPSA) is 68.8 Å². The Balaban J connectivity index is 1.39. The number of para-hydroxylation sites is 2. The maximum absolute atomic E-state index is 12.1. The summed E-state index contributed by atoms with van der Waals surface area (Å²) in [7, 11) is 0. The number of amides is 2. The molecule has 2 aromatic carbocycles. The van der Waals surface area contributed by atoms with Crippen molar-refractivity contribution in [2.24, 2.45) is 0 Å². The Morgan fingerprint density at radius 1 is 1.12 bits per heavy atom. The van der Waals surface area contributed by atoms with E-state index < -0.39 is 6.61 Å². The number of hydrogen-bond acceptors (Lipinski definition) is 4. The second kappa shape index (κ2) is 8.37. The van der Waals surface area contributed by atoms with Gasteiger partial charge in [-0.1, -0.05) is 24.3 Å². The minimum absolute atomic E-state index is 0.0722. The third-order valence-electron chi connectivity index (χ3n) is 3.66. The molecule has 1 aliphatic heterocycles. The first-order valence-corrected chi connectivity index (χ1v) is 8.04. The van der Waals surface area contributed by atoms with Crippen molar-refractivity contribution >= 4 is 6.03 Å². The van der Waals surface area contributed by atoms with E-state index in [2.05, 4.69) is 15.4 Å². The Labute approximate surface area is 149 Å². The first-order chi connectivity index (χ1) is 12.6. The van der Waals surface area contributed by atoms with Gasteiger partial charge in [-0.15, -0.1) is 0 Å². The second-order valence-electron chi connectivity index (χ2n) is 5.58. The van der Waals surface area contributed by atoms with Crippen LogP contribution in [0.2, 0.25) is 0 Å². The minimum atomic E-state index is -2.86. The van der Waals surface area contributed by atoms with Crippen molar-refractivity contribution in [1.29, 1.82) is 0 Å². The summed E-state index contributed by atoms with van der Waals surface area (Å²) in [5.74, 6) is 1.41. The van der Waals surface area contributed by atoms with Crippen molar-refractivity contribution in [1.82, 2.24) is 10.6 Å². The molecule has 0 radical (unpaired) electrons. The van der Waals surface area contributed by atoms with Gasteiger partial charge in [-0.05, 0) is 29.8 Å². The van der Waals surface area contributed by atoms with Gasteiger partial charge in [-0.25, -0.2) is 4.79 Å². The predicted molar refractivity (Wildman–Crippen MR) is 89.7 cm³/mol. The standard InChI is InChI=1S/C18H18F2N2O4/c19-17(20)26-13-7-5-12(6-8-13)9-21-18(23)22-10-14-11-24-15-3-1-2-4-16(15)25-14/h1-8,14,17H,9-11H2,(H2,21,22,23). The van der Waals surface area contributed by atoms with Crippen molar-refractivity contribution in [2.75, 3.05) is 13.2 Å². The molecule has 1 atom stereocenters. The number of carbonyl (C=O) groups excluding carboxylic acids is 1. The van der Waals surface area contributed by atoms with E-state index in [0.717, 1.165) is 5.56 Å². The third kappa shape index (κ3) is 4.98. The Morgan fingerprint density at radius 3 is 2.58 bits per heavy atom. The van der Waals surface area contributed by atoms with Crippen molar-refractivity contribution in [3.8, 4) is 17.2 Å². The lowest BCUT2D eigenvalue weighted by molar-refractivity contribution is -0.0498. The Hall–Kier alpha value is -3.03. The van der Waals surface area contributed by atoms with Crippen LogP contribution in [0.3, 0.4) is 0 Å². The molecule has 0 saturated heterocycles. The molecule has 26 heavy (non-hydrogen) atoms. The van der Waals surface area contributed by atoms with Crippen molar-refractivity contribution in [3.05, 3.63) is 54.1 Å². The van der Waals surface area contributed by atoms with E-state index in [-0.39, 0.29) is 24.4 Å². The van der Waals surface area contributed by atoms with Crippen LogP contribution in [0.5, 0.6) is 17.2 Å². The van der Waals surface area contributed by atoms with Crippen LogP contribution in [-0.2, 0) is 6.54 Å². The number of carbonyl (C=O) groups is 1. The lowest BCUT2D eigenvalue weighted by atomic mass is 10.2. The van der Waals surface area contributed by atoms with Gasteiger partial charge in [-0.3, -0.25) is 0 Å². The molecule has 6 nitrogen and oxygen atoms in total. The maximum Gasteiger partial charge on any atom is 0.387 e. The van der Waals surface area contributed by atoms with Gasteiger partial charge in [-0.2, -0.15) is 8.78 Å². The van der Waals surface area contributed by atoms with Gasteiger partial charge in [0.15, 0.2) is 17.6 Å². The number of rotatable bonds is 6. The van der Waals surface area contributed by atoms with Crippen molar-refractivity contribution in [3.63, 3.8) is 0 Å². The van der Waals surface area contributed by atoms with Crippen LogP contribution in [0, 0.1) is 0 Å². The molecule has 0 aromatic heterocycles. The monoisotopic (exact) mass is 364 g/mol. The molecular weight excluding hydrogens is 346 g/mol. The maximum atomic E-state index is 12.1. The highest BCUT2D eigenvalue weighted by Gasteiger charge is 2.20. The van der Waals surface area contributed by atoms with Crippen LogP contribution in [0.25, 0.3) is 0 Å². The van der Waals surface area contributed by atoms with E-state index in [1.165, 1.54) is 12.1 Å². The third-order valence-corrected chi connectivity index (χ3v) is 3.66. The zero-order chi connectivity index (χ0) is 18.4. The van der Waals surface area contributed by atoms with Crippen LogP contribution in [0.4, 0.5) is 13.6 Å². The zero-order valence-corrected chi connectivity index (χ0v) is 13.8. The Bertz CT molecular complexity index is 740. The summed E-state index contributed by atoms with van der Waals surface area (Å²) in [5.41, 5.74) is 0.757. The summed E-state index contributed by atoms with van der Waals surface area (Å²) in [4.78, 5) is 11.9. The van der Waals surface area contributed by atoms with Crippen LogP contribution < -0.4 is 24.8 Å². The molecule has 0 fully saturated rings. The van der Waals surface area contributed by atoms with E-state index in [4.69, 9.17) is 9.47 Å². The molecule has 0 saturated carbocycles. The molecule has 1 aliphatic rings. The second-order valence-corrected chi connectivity index (χ2v) is 5.58. The Morgan fingerprint density at radius 2 is 1.85 bits per heavy atom. The van der Waals surface area contributed by atoms with Crippen LogP contribution in [-0.4, -0.2) is 31.9 Å². The highest BCUT2D eigenvalue weighted by molar-refractivity contribution is 5.73. The molecule has 0 bridgehead atoms. The molecule has 138 valence electrons. The number of benzene rings is 2. The van der Waals surface area contributed by atoms with E-state index in [0.29, 0.717) is 24.7 Å². The first kappa shape index (κ1) is 17.8. The number of halogens is 2. The number of urea groups is 1. The predicted octanol–water partition coefficient (Wildman–Crippen LogP) is 2.93. The smallest absolute Gasteiger partial charge is 0.387 e. The van der Waals surface area contributed by atoms with Gasteiger partial charge in [0.05, 0.1) is 6.54 Å². The van der Waals surface area contributed by atoms with E-state index in [9.17, 15) is 13.6 Å². The minimum Gasteiger partial charge on any atom is -0.486 e. The fraction of sp³-hybridized carbons (Fsp3) is 0.278. The number of alkyl halides is 2. The van der Waals surface area contributed by atoms with Gasteiger partial charge in [0.25, 0.3) is 0 Å². The Kier molecular flexibility index (Phi) is 5.73. The van der Waals surface area contributed by atoms with Crippen LogP contribution >= 0.6 is 0 Å². The fourth-order valence-corrected chi connectivity index (χ4v) is 2.40. The number of hydrogen-bond donors (Lipinski definition) is 2. The van der Waals surface area contributed by atoms with Gasteiger partial charge >= 0.3 is 12.6 Å². The normalized spacial score (nSPS) is 15.4. The first-order valence-electron chi connectivity index (χ1n) is 8.04. The zero-order valence-electron chi connectivity index (χ0n) is 13.8. The summed E-state index contributed by atoms with van der Waals surface area (Å²) >= 11 is 0. The largest absolute Gasteiger partial charge is 0.486 e. The molecule has 3 rings (SSSR count). The molecule has 0 spiro atoms. The van der Waals surface area contributed by atoms with Gasteiger partial charge < -0.3 is 24.8 Å². The molecular formula is C18H18F2N2O4. The lowest BCUT2D eigenvalue weighted by Crippen LogP contribution is -2.44. The molecule has 8 heteroatoms. The van der Waals surface area contributed by atoms with Crippen molar-refractivity contribution < 1.29 is 27.8 Å². The lowest BCUT2D eigenvalue weighted by Gasteiger charge is -2.26. The van der Waals surface area contributed by atoms with Crippen LogP contribution in [0.1, 0.15) is 5.56 Å². The summed E-state index contributed by atoms with van der Waals surface area (Å²) < 4.78 is 39.8.